The molecule has 0 saturated carbocycles. The van der Waals surface area contributed by atoms with Crippen molar-refractivity contribution in [2.75, 3.05) is 5.73 Å². The van der Waals surface area contributed by atoms with Gasteiger partial charge in [-0.15, -0.1) is 0 Å². The summed E-state index contributed by atoms with van der Waals surface area (Å²) < 4.78 is 5.05. The van der Waals surface area contributed by atoms with Crippen molar-refractivity contribution in [2.24, 2.45) is 0 Å². The van der Waals surface area contributed by atoms with Crippen LogP contribution in [0.5, 0.6) is 0 Å². The number of hydrogen-bond acceptors (Lipinski definition) is 3. The van der Waals surface area contributed by atoms with Crippen molar-refractivity contribution in [1.82, 2.24) is 0 Å². The van der Waals surface area contributed by atoms with E-state index in [1.54, 1.807) is 6.07 Å². The number of benzene rings is 1. The van der Waals surface area contributed by atoms with Crippen molar-refractivity contribution < 1.29 is 4.42 Å². The molecule has 0 aliphatic heterocycles. The highest BCUT2D eigenvalue weighted by Gasteiger charge is 2.05. The van der Waals surface area contributed by atoms with E-state index in [9.17, 15) is 4.79 Å². The minimum absolute atomic E-state index is 0.341. The van der Waals surface area contributed by atoms with E-state index in [-0.39, 0.29) is 5.63 Å². The normalized spacial score (nSPS) is 10.6. The van der Waals surface area contributed by atoms with Crippen molar-refractivity contribution in [3.8, 4) is 0 Å². The van der Waals surface area contributed by atoms with Gasteiger partial charge in [-0.3, -0.25) is 0 Å². The molecule has 1 heterocycles. The zero-order chi connectivity index (χ0) is 10.1. The van der Waals surface area contributed by atoms with Gasteiger partial charge in [-0.05, 0) is 18.1 Å². The zero-order valence-electron chi connectivity index (χ0n) is 7.91. The summed E-state index contributed by atoms with van der Waals surface area (Å²) in [5.41, 5.74) is 7.36. The molecule has 0 spiro atoms. The van der Waals surface area contributed by atoms with Crippen LogP contribution in [-0.4, -0.2) is 0 Å². The second kappa shape index (κ2) is 3.18. The maximum atomic E-state index is 11.2. The maximum absolute atomic E-state index is 11.2. The Morgan fingerprint density at radius 1 is 1.43 bits per heavy atom. The van der Waals surface area contributed by atoms with Crippen LogP contribution >= 0.6 is 0 Å². The van der Waals surface area contributed by atoms with Crippen LogP contribution in [0, 0.1) is 0 Å². The Hall–Kier alpha value is -1.77. The second-order valence-corrected chi connectivity index (χ2v) is 3.17. The van der Waals surface area contributed by atoms with E-state index in [4.69, 9.17) is 10.2 Å². The quantitative estimate of drug-likeness (QED) is 0.551. The molecule has 1 aromatic heterocycles. The van der Waals surface area contributed by atoms with Gasteiger partial charge in [0.05, 0.1) is 5.69 Å². The van der Waals surface area contributed by atoms with E-state index in [0.29, 0.717) is 11.3 Å². The summed E-state index contributed by atoms with van der Waals surface area (Å²) in [7, 11) is 0. The summed E-state index contributed by atoms with van der Waals surface area (Å²) in [5, 5.41) is 0.923. The van der Waals surface area contributed by atoms with Crippen LogP contribution in [0.4, 0.5) is 5.69 Å². The van der Waals surface area contributed by atoms with E-state index >= 15 is 0 Å². The predicted octanol–water partition coefficient (Wildman–Crippen LogP) is 1.94. The number of nitrogens with two attached hydrogens (primary N) is 1. The van der Waals surface area contributed by atoms with Gasteiger partial charge >= 0.3 is 5.63 Å². The number of fused-ring (bicyclic) bond motifs is 1. The van der Waals surface area contributed by atoms with E-state index in [0.717, 1.165) is 17.4 Å². The average Bonchev–Trinajstić information content (AvgIpc) is 2.18. The molecule has 3 nitrogen and oxygen atoms in total. The Kier molecular flexibility index (Phi) is 2.00. The molecular formula is C11H11NO2. The third-order valence-electron chi connectivity index (χ3n) is 2.27. The molecule has 72 valence electrons. The first-order chi connectivity index (χ1) is 6.72. The fourth-order valence-corrected chi connectivity index (χ4v) is 1.56. The molecule has 2 aromatic rings. The van der Waals surface area contributed by atoms with E-state index in [1.807, 2.05) is 19.1 Å². The molecule has 2 rings (SSSR count). The molecule has 3 heteroatoms. The molecule has 0 amide bonds. The number of rotatable bonds is 1. The van der Waals surface area contributed by atoms with Crippen molar-refractivity contribution in [2.45, 2.75) is 13.3 Å². The van der Waals surface area contributed by atoms with E-state index < -0.39 is 0 Å². The predicted molar refractivity (Wildman–Crippen MR) is 56.3 cm³/mol. The summed E-state index contributed by atoms with van der Waals surface area (Å²) in [6.07, 6.45) is 0.797. The van der Waals surface area contributed by atoms with Crippen LogP contribution < -0.4 is 11.4 Å². The standard InChI is InChI=1S/C11H11NO2/c1-2-7-6-10(13)14-11-8(7)4-3-5-9(11)12/h3-6H,2,12H2,1H3. The van der Waals surface area contributed by atoms with Gasteiger partial charge < -0.3 is 10.2 Å². The highest BCUT2D eigenvalue weighted by molar-refractivity contribution is 5.89. The molecular weight excluding hydrogens is 178 g/mol. The van der Waals surface area contributed by atoms with Crippen molar-refractivity contribution in [3.63, 3.8) is 0 Å². The van der Waals surface area contributed by atoms with Gasteiger partial charge in [0.25, 0.3) is 0 Å². The van der Waals surface area contributed by atoms with Gasteiger partial charge in [-0.2, -0.15) is 0 Å². The Morgan fingerprint density at radius 2 is 2.21 bits per heavy atom. The molecule has 0 aliphatic carbocycles. The van der Waals surface area contributed by atoms with Crippen LogP contribution in [0.1, 0.15) is 12.5 Å². The summed E-state index contributed by atoms with van der Waals surface area (Å²) in [5.74, 6) is 0. The maximum Gasteiger partial charge on any atom is 0.336 e. The lowest BCUT2D eigenvalue weighted by molar-refractivity contribution is 0.560. The summed E-state index contributed by atoms with van der Waals surface area (Å²) >= 11 is 0. The number of para-hydroxylation sites is 1. The Balaban J connectivity index is 2.94. The SMILES string of the molecule is CCc1cc(=O)oc2c(N)cccc12. The lowest BCUT2D eigenvalue weighted by Gasteiger charge is -2.03. The highest BCUT2D eigenvalue weighted by atomic mass is 16.4. The second-order valence-electron chi connectivity index (χ2n) is 3.17. The Morgan fingerprint density at radius 3 is 2.93 bits per heavy atom. The number of hydrogen-bond donors (Lipinski definition) is 1. The Bertz CT molecular complexity index is 528. The van der Waals surface area contributed by atoms with Gasteiger partial charge in [-0.25, -0.2) is 4.79 Å². The van der Waals surface area contributed by atoms with Gasteiger partial charge in [-0.1, -0.05) is 19.1 Å². The zero-order valence-corrected chi connectivity index (χ0v) is 7.91. The summed E-state index contributed by atoms with van der Waals surface area (Å²) in [4.78, 5) is 11.2. The van der Waals surface area contributed by atoms with Crippen LogP contribution in [0.25, 0.3) is 11.0 Å². The van der Waals surface area contributed by atoms with E-state index in [1.165, 1.54) is 6.07 Å². The van der Waals surface area contributed by atoms with Gasteiger partial charge in [0.1, 0.15) is 0 Å². The fraction of sp³-hybridized carbons (Fsp3) is 0.182. The van der Waals surface area contributed by atoms with Crippen LogP contribution in [0.3, 0.4) is 0 Å². The van der Waals surface area contributed by atoms with Gasteiger partial charge in [0.15, 0.2) is 5.58 Å². The fourth-order valence-electron chi connectivity index (χ4n) is 1.56. The molecule has 2 N–H and O–H groups in total. The highest BCUT2D eigenvalue weighted by Crippen LogP contribution is 2.22. The molecule has 0 aliphatic rings. The minimum atomic E-state index is -0.341. The molecule has 0 unspecified atom stereocenters. The van der Waals surface area contributed by atoms with Crippen molar-refractivity contribution >= 4 is 16.7 Å². The molecule has 0 saturated heterocycles. The van der Waals surface area contributed by atoms with Gasteiger partial charge in [0, 0.05) is 11.5 Å². The van der Waals surface area contributed by atoms with Crippen LogP contribution in [0.15, 0.2) is 33.5 Å². The smallest absolute Gasteiger partial charge is 0.336 e. The minimum Gasteiger partial charge on any atom is -0.420 e. The first-order valence-electron chi connectivity index (χ1n) is 4.53. The topological polar surface area (TPSA) is 56.2 Å². The average molecular weight is 189 g/mol. The summed E-state index contributed by atoms with van der Waals surface area (Å²) in [6, 6.07) is 7.01. The molecule has 0 fully saturated rings. The molecule has 1 aromatic carbocycles. The lowest BCUT2D eigenvalue weighted by Crippen LogP contribution is -2.01. The van der Waals surface area contributed by atoms with Crippen LogP contribution in [-0.2, 0) is 6.42 Å². The number of nitrogen functional groups attached to an aromatic ring is 1. The first-order valence-corrected chi connectivity index (χ1v) is 4.53. The monoisotopic (exact) mass is 189 g/mol. The number of aryl methyl sites for hydroxylation is 1. The first kappa shape index (κ1) is 8.81. The van der Waals surface area contributed by atoms with Crippen molar-refractivity contribution in [3.05, 3.63) is 40.2 Å². The number of anilines is 1. The van der Waals surface area contributed by atoms with Gasteiger partial charge in [0.2, 0.25) is 0 Å². The molecule has 0 radical (unpaired) electrons. The summed E-state index contributed by atoms with van der Waals surface area (Å²) in [6.45, 7) is 2.00. The molecule has 14 heavy (non-hydrogen) atoms. The molecule has 0 atom stereocenters. The van der Waals surface area contributed by atoms with E-state index in [2.05, 4.69) is 0 Å². The lowest BCUT2D eigenvalue weighted by atomic mass is 10.1. The van der Waals surface area contributed by atoms with Crippen LogP contribution in [0.2, 0.25) is 0 Å². The van der Waals surface area contributed by atoms with Crippen molar-refractivity contribution in [1.29, 1.82) is 0 Å². The largest absolute Gasteiger partial charge is 0.420 e. The Labute approximate surface area is 81.1 Å². The molecule has 0 bridgehead atoms. The third kappa shape index (κ3) is 1.27. The third-order valence-corrected chi connectivity index (χ3v) is 2.27.